The van der Waals surface area contributed by atoms with Gasteiger partial charge in [-0.15, -0.1) is 6.58 Å². The van der Waals surface area contributed by atoms with Crippen molar-refractivity contribution in [2.24, 2.45) is 4.99 Å². The zero-order chi connectivity index (χ0) is 27.9. The number of nitrogens with zero attached hydrogens (tertiary/aromatic N) is 3. The van der Waals surface area contributed by atoms with Gasteiger partial charge in [-0.3, -0.25) is 9.36 Å². The van der Waals surface area contributed by atoms with Crippen molar-refractivity contribution in [3.63, 3.8) is 0 Å². The van der Waals surface area contributed by atoms with Gasteiger partial charge in [-0.05, 0) is 36.8 Å². The molecule has 200 valence electrons. The molecule has 11 heteroatoms. The van der Waals surface area contributed by atoms with Gasteiger partial charge in [0.05, 0.1) is 22.8 Å². The molecule has 0 radical (unpaired) electrons. The third-order valence-corrected chi connectivity index (χ3v) is 7.45. The van der Waals surface area contributed by atoms with Gasteiger partial charge >= 0.3 is 12.1 Å². The zero-order valence-corrected chi connectivity index (χ0v) is 22.1. The highest BCUT2D eigenvalue weighted by atomic mass is 35.5. The minimum atomic E-state index is -4.97. The molecular formula is C28H21ClF3N3O3S. The van der Waals surface area contributed by atoms with Crippen molar-refractivity contribution < 1.29 is 22.7 Å². The molecule has 0 amide bonds. The van der Waals surface area contributed by atoms with E-state index >= 15 is 0 Å². The van der Waals surface area contributed by atoms with Gasteiger partial charge in [0.1, 0.15) is 0 Å². The van der Waals surface area contributed by atoms with Crippen molar-refractivity contribution in [1.82, 2.24) is 9.13 Å². The summed E-state index contributed by atoms with van der Waals surface area (Å²) >= 11 is 6.84. The van der Waals surface area contributed by atoms with Gasteiger partial charge in [0.15, 0.2) is 10.5 Å². The van der Waals surface area contributed by atoms with Crippen molar-refractivity contribution in [3.05, 3.63) is 114 Å². The monoisotopic (exact) mass is 571 g/mol. The molecular weight excluding hydrogens is 551 g/mol. The summed E-state index contributed by atoms with van der Waals surface area (Å²) in [5.74, 6) is -1.20. The van der Waals surface area contributed by atoms with Crippen LogP contribution in [0.4, 0.5) is 13.2 Å². The van der Waals surface area contributed by atoms with E-state index in [1.807, 2.05) is 35.0 Å². The van der Waals surface area contributed by atoms with Crippen molar-refractivity contribution in [1.29, 1.82) is 0 Å². The summed E-state index contributed by atoms with van der Waals surface area (Å²) in [7, 11) is 0. The fourth-order valence-electron chi connectivity index (χ4n) is 4.62. The lowest BCUT2D eigenvalue weighted by molar-refractivity contribution is -0.140. The number of carbonyl (C=O) groups is 1. The molecule has 3 heterocycles. The lowest BCUT2D eigenvalue weighted by atomic mass is 9.95. The molecule has 0 N–H and O–H groups in total. The molecule has 1 aliphatic rings. The molecule has 1 atom stereocenters. The molecule has 2 aromatic heterocycles. The third kappa shape index (κ3) is 4.86. The fourth-order valence-corrected chi connectivity index (χ4v) is 5.74. The number of thiazole rings is 1. The number of carbonyl (C=O) groups excluding carboxylic acids is 1. The molecule has 0 fully saturated rings. The van der Waals surface area contributed by atoms with E-state index in [1.54, 1.807) is 12.2 Å². The Hall–Kier alpha value is -3.89. The first kappa shape index (κ1) is 26.7. The normalized spacial score (nSPS) is 15.8. The summed E-state index contributed by atoms with van der Waals surface area (Å²) in [4.78, 5) is 30.3. The Morgan fingerprint density at radius 2 is 1.92 bits per heavy atom. The highest BCUT2D eigenvalue weighted by Crippen LogP contribution is 2.38. The minimum Gasteiger partial charge on any atom is -0.463 e. The average molecular weight is 572 g/mol. The number of allylic oxidation sites excluding steroid dienone is 2. The molecule has 0 saturated carbocycles. The van der Waals surface area contributed by atoms with E-state index in [9.17, 15) is 22.8 Å². The van der Waals surface area contributed by atoms with Gasteiger partial charge < -0.3 is 9.30 Å². The van der Waals surface area contributed by atoms with E-state index in [0.717, 1.165) is 26.8 Å². The molecule has 0 saturated heterocycles. The summed E-state index contributed by atoms with van der Waals surface area (Å²) < 4.78 is 51.0. The first-order chi connectivity index (χ1) is 18.6. The van der Waals surface area contributed by atoms with E-state index in [0.29, 0.717) is 17.1 Å². The van der Waals surface area contributed by atoms with Crippen LogP contribution in [-0.2, 0) is 16.1 Å². The Balaban J connectivity index is 1.81. The van der Waals surface area contributed by atoms with Crippen LogP contribution in [0.3, 0.4) is 0 Å². The number of aromatic nitrogens is 2. The third-order valence-electron chi connectivity index (χ3n) is 6.21. The quantitative estimate of drug-likeness (QED) is 0.238. The number of para-hydroxylation sites is 1. The maximum Gasteiger partial charge on any atom is 0.434 e. The summed E-state index contributed by atoms with van der Waals surface area (Å²) in [5.41, 5.74) is -0.845. The Labute approximate surface area is 229 Å². The lowest BCUT2D eigenvalue weighted by Gasteiger charge is -2.26. The number of fused-ring (bicyclic) bond motifs is 2. The first-order valence-electron chi connectivity index (χ1n) is 11.9. The van der Waals surface area contributed by atoms with Crippen LogP contribution in [0.5, 0.6) is 0 Å². The summed E-state index contributed by atoms with van der Waals surface area (Å²) in [6.07, 6.45) is 0.254. The van der Waals surface area contributed by atoms with Crippen LogP contribution in [0, 0.1) is 0 Å². The van der Waals surface area contributed by atoms with Gasteiger partial charge in [0.25, 0.3) is 5.56 Å². The maximum atomic E-state index is 14.3. The second kappa shape index (κ2) is 10.3. The second-order valence-electron chi connectivity index (χ2n) is 8.66. The fraction of sp³-hybridized carbons (Fsp3) is 0.179. The standard InChI is InChI=1S/C28H21ClF3N3O3S/c1-3-13-34-15-17(19-7-5-6-8-20(19)34)14-21-25(36)35-23(16-9-11-18(29)12-10-16)22(26(37)38-4-2)24(28(30,31)32)33-27(35)39-21/h3,5-12,14-15,23H,1,4,13H2,2H3/b21-14-/t23-/m0/s1. The SMILES string of the molecule is C=CCn1cc(/C=c2\sc3n(c2=O)[C@@H](c2ccc(Cl)cc2)C(C(=O)OCC)=C(C(F)(F)F)N=3)c2ccccc21. The van der Waals surface area contributed by atoms with Crippen molar-refractivity contribution in [2.45, 2.75) is 25.7 Å². The number of hydrogen-bond donors (Lipinski definition) is 0. The minimum absolute atomic E-state index is 0.153. The van der Waals surface area contributed by atoms with Crippen molar-refractivity contribution in [3.8, 4) is 0 Å². The van der Waals surface area contributed by atoms with Crippen LogP contribution in [0.15, 0.2) is 88.4 Å². The summed E-state index contributed by atoms with van der Waals surface area (Å²) in [6, 6.07) is 12.1. The number of benzene rings is 2. The number of alkyl halides is 3. The van der Waals surface area contributed by atoms with Gasteiger partial charge in [0, 0.05) is 34.2 Å². The van der Waals surface area contributed by atoms with Crippen LogP contribution < -0.4 is 14.9 Å². The summed E-state index contributed by atoms with van der Waals surface area (Å²) in [6.45, 7) is 5.65. The first-order valence-corrected chi connectivity index (χ1v) is 13.1. The number of halogens is 4. The predicted octanol–water partition coefficient (Wildman–Crippen LogP) is 5.13. The number of ether oxygens (including phenoxy) is 1. The number of esters is 1. The largest absolute Gasteiger partial charge is 0.463 e. The van der Waals surface area contributed by atoms with Gasteiger partial charge in [-0.2, -0.15) is 13.2 Å². The van der Waals surface area contributed by atoms with Crippen molar-refractivity contribution in [2.75, 3.05) is 6.61 Å². The molecule has 0 aliphatic carbocycles. The molecule has 4 aromatic rings. The van der Waals surface area contributed by atoms with Gasteiger partial charge in [-0.1, -0.05) is 59.3 Å². The Morgan fingerprint density at radius 3 is 2.59 bits per heavy atom. The van der Waals surface area contributed by atoms with E-state index in [4.69, 9.17) is 16.3 Å². The van der Waals surface area contributed by atoms with E-state index in [1.165, 1.54) is 31.2 Å². The molecule has 1 aliphatic heterocycles. The Kier molecular flexibility index (Phi) is 7.09. The molecule has 0 unspecified atom stereocenters. The highest BCUT2D eigenvalue weighted by Gasteiger charge is 2.45. The van der Waals surface area contributed by atoms with Crippen LogP contribution in [0.25, 0.3) is 17.0 Å². The topological polar surface area (TPSA) is 65.6 Å². The highest BCUT2D eigenvalue weighted by molar-refractivity contribution is 7.07. The van der Waals surface area contributed by atoms with Gasteiger partial charge in [0.2, 0.25) is 0 Å². The van der Waals surface area contributed by atoms with E-state index in [-0.39, 0.29) is 21.5 Å². The Morgan fingerprint density at radius 1 is 1.21 bits per heavy atom. The van der Waals surface area contributed by atoms with Crippen LogP contribution in [0.1, 0.15) is 24.1 Å². The molecule has 0 spiro atoms. The molecule has 0 bridgehead atoms. The lowest BCUT2D eigenvalue weighted by Crippen LogP contribution is -2.41. The average Bonchev–Trinajstić information content (AvgIpc) is 3.40. The van der Waals surface area contributed by atoms with Crippen molar-refractivity contribution >= 4 is 45.9 Å². The van der Waals surface area contributed by atoms with Crippen LogP contribution >= 0.6 is 22.9 Å². The molecule has 6 nitrogen and oxygen atoms in total. The van der Waals surface area contributed by atoms with Crippen LogP contribution in [-0.4, -0.2) is 27.9 Å². The predicted molar refractivity (Wildman–Crippen MR) is 144 cm³/mol. The molecule has 2 aromatic carbocycles. The zero-order valence-electron chi connectivity index (χ0n) is 20.5. The van der Waals surface area contributed by atoms with Crippen LogP contribution in [0.2, 0.25) is 5.02 Å². The van der Waals surface area contributed by atoms with Gasteiger partial charge in [-0.25, -0.2) is 9.79 Å². The van der Waals surface area contributed by atoms with E-state index < -0.39 is 35.0 Å². The Bertz CT molecular complexity index is 1810. The summed E-state index contributed by atoms with van der Waals surface area (Å²) in [5, 5.41) is 1.21. The smallest absolute Gasteiger partial charge is 0.434 e. The molecule has 5 rings (SSSR count). The number of rotatable bonds is 6. The molecule has 39 heavy (non-hydrogen) atoms. The maximum absolute atomic E-state index is 14.3. The van der Waals surface area contributed by atoms with E-state index in [2.05, 4.69) is 11.6 Å². The second-order valence-corrected chi connectivity index (χ2v) is 10.1. The number of hydrogen-bond acceptors (Lipinski definition) is 5.